The van der Waals surface area contributed by atoms with E-state index in [0.717, 1.165) is 19.6 Å². The molecule has 19 heavy (non-hydrogen) atoms. The summed E-state index contributed by atoms with van der Waals surface area (Å²) in [6.07, 6.45) is 10.5. The minimum absolute atomic E-state index is 0.300. The van der Waals surface area contributed by atoms with Gasteiger partial charge >= 0.3 is 0 Å². The van der Waals surface area contributed by atoms with Gasteiger partial charge in [0.15, 0.2) is 0 Å². The van der Waals surface area contributed by atoms with Crippen molar-refractivity contribution in [3.63, 3.8) is 0 Å². The van der Waals surface area contributed by atoms with Gasteiger partial charge in [0, 0.05) is 32.1 Å². The lowest BCUT2D eigenvalue weighted by atomic mass is 9.57. The van der Waals surface area contributed by atoms with Crippen molar-refractivity contribution in [3.8, 4) is 0 Å². The first-order valence-corrected chi connectivity index (χ1v) is 8.23. The molecule has 0 radical (unpaired) electrons. The maximum absolute atomic E-state index is 11.9. The molecule has 1 atom stereocenters. The lowest BCUT2D eigenvalue weighted by Crippen LogP contribution is -2.54. The number of hydrogen-bond donors (Lipinski definition) is 1. The molecular formula is C16H30N2O. The molecule has 0 aromatic carbocycles. The van der Waals surface area contributed by atoms with E-state index in [1.165, 1.54) is 44.9 Å². The minimum Gasteiger partial charge on any atom is -0.343 e. The Morgan fingerprint density at radius 3 is 2.37 bits per heavy atom. The Balaban J connectivity index is 1.70. The third kappa shape index (κ3) is 3.31. The molecule has 1 N–H and O–H groups in total. The Kier molecular flexibility index (Phi) is 5.26. The van der Waals surface area contributed by atoms with Crippen molar-refractivity contribution in [1.82, 2.24) is 10.2 Å². The molecule has 3 heteroatoms. The van der Waals surface area contributed by atoms with Crippen LogP contribution < -0.4 is 5.32 Å². The fourth-order valence-corrected chi connectivity index (χ4v) is 3.96. The van der Waals surface area contributed by atoms with Crippen LogP contribution in [-0.2, 0) is 4.79 Å². The predicted molar refractivity (Wildman–Crippen MR) is 79.1 cm³/mol. The summed E-state index contributed by atoms with van der Waals surface area (Å²) in [4.78, 5) is 13.9. The molecule has 1 amide bonds. The zero-order chi connectivity index (χ0) is 13.7. The van der Waals surface area contributed by atoms with Crippen molar-refractivity contribution >= 4 is 5.91 Å². The minimum atomic E-state index is 0.300. The Morgan fingerprint density at radius 1 is 1.16 bits per heavy atom. The quantitative estimate of drug-likeness (QED) is 0.801. The highest BCUT2D eigenvalue weighted by Gasteiger charge is 2.46. The second kappa shape index (κ2) is 6.74. The molecule has 0 bridgehead atoms. The molecule has 0 aromatic rings. The summed E-state index contributed by atoms with van der Waals surface area (Å²) < 4.78 is 0. The zero-order valence-electron chi connectivity index (χ0n) is 12.7. The van der Waals surface area contributed by atoms with E-state index in [9.17, 15) is 4.79 Å². The summed E-state index contributed by atoms with van der Waals surface area (Å²) in [5.74, 6) is 0.300. The van der Waals surface area contributed by atoms with Crippen LogP contribution in [0.2, 0.25) is 0 Å². The molecule has 0 aliphatic heterocycles. The lowest BCUT2D eigenvalue weighted by Gasteiger charge is -2.52. The fraction of sp³-hybridized carbons (Fsp3) is 0.938. The Bertz CT molecular complexity index is 293. The van der Waals surface area contributed by atoms with Crippen LogP contribution in [0, 0.1) is 5.41 Å². The maximum atomic E-state index is 11.9. The first kappa shape index (κ1) is 14.8. The van der Waals surface area contributed by atoms with E-state index in [1.807, 2.05) is 4.90 Å². The lowest BCUT2D eigenvalue weighted by molar-refractivity contribution is -0.130. The molecule has 2 rings (SSSR count). The number of carbonyl (C=O) groups is 1. The summed E-state index contributed by atoms with van der Waals surface area (Å²) in [6, 6.07) is 0.692. The molecule has 1 spiro atoms. The summed E-state index contributed by atoms with van der Waals surface area (Å²) in [5, 5.41) is 3.67. The smallest absolute Gasteiger partial charge is 0.223 e. The van der Waals surface area contributed by atoms with Gasteiger partial charge in [-0.25, -0.2) is 0 Å². The largest absolute Gasteiger partial charge is 0.343 e. The van der Waals surface area contributed by atoms with E-state index in [-0.39, 0.29) is 0 Å². The highest BCUT2D eigenvalue weighted by Crippen LogP contribution is 2.51. The standard InChI is InChI=1S/C16H30N2O/c1-3-18(4-2)15(19)9-13-17-14-8-12-16(14)10-6-5-7-11-16/h14,17H,3-13H2,1-2H3. The van der Waals surface area contributed by atoms with Gasteiger partial charge in [0.05, 0.1) is 0 Å². The van der Waals surface area contributed by atoms with E-state index in [0.29, 0.717) is 23.8 Å². The van der Waals surface area contributed by atoms with Crippen molar-refractivity contribution in [1.29, 1.82) is 0 Å². The van der Waals surface area contributed by atoms with Gasteiger partial charge in [-0.05, 0) is 44.9 Å². The Hall–Kier alpha value is -0.570. The normalized spacial score (nSPS) is 25.1. The number of carbonyl (C=O) groups excluding carboxylic acids is 1. The second-order valence-electron chi connectivity index (χ2n) is 6.28. The van der Waals surface area contributed by atoms with Gasteiger partial charge in [0.25, 0.3) is 0 Å². The van der Waals surface area contributed by atoms with Crippen molar-refractivity contribution in [2.75, 3.05) is 19.6 Å². The van der Waals surface area contributed by atoms with Crippen molar-refractivity contribution in [3.05, 3.63) is 0 Å². The first-order valence-electron chi connectivity index (χ1n) is 8.23. The molecule has 2 saturated carbocycles. The van der Waals surface area contributed by atoms with Crippen molar-refractivity contribution in [2.24, 2.45) is 5.41 Å². The molecule has 110 valence electrons. The molecule has 0 saturated heterocycles. The van der Waals surface area contributed by atoms with Crippen LogP contribution in [0.15, 0.2) is 0 Å². The highest BCUT2D eigenvalue weighted by molar-refractivity contribution is 5.76. The molecule has 0 heterocycles. The molecular weight excluding hydrogens is 236 g/mol. The number of nitrogens with zero attached hydrogens (tertiary/aromatic N) is 1. The monoisotopic (exact) mass is 266 g/mol. The van der Waals surface area contributed by atoms with Gasteiger partial charge in [-0.2, -0.15) is 0 Å². The third-order valence-electron chi connectivity index (χ3n) is 5.37. The average Bonchev–Trinajstić information content (AvgIpc) is 2.44. The van der Waals surface area contributed by atoms with E-state index in [4.69, 9.17) is 0 Å². The van der Waals surface area contributed by atoms with Crippen molar-refractivity contribution in [2.45, 2.75) is 71.3 Å². The van der Waals surface area contributed by atoms with E-state index in [2.05, 4.69) is 19.2 Å². The number of rotatable bonds is 6. The third-order valence-corrected chi connectivity index (χ3v) is 5.37. The molecule has 1 unspecified atom stereocenters. The van der Waals surface area contributed by atoms with Crippen LogP contribution in [0.3, 0.4) is 0 Å². The van der Waals surface area contributed by atoms with Gasteiger partial charge in [-0.1, -0.05) is 19.3 Å². The van der Waals surface area contributed by atoms with Crippen LogP contribution in [0.5, 0.6) is 0 Å². The van der Waals surface area contributed by atoms with Gasteiger partial charge in [0.1, 0.15) is 0 Å². The number of nitrogens with one attached hydrogen (secondary N) is 1. The van der Waals surface area contributed by atoms with Crippen LogP contribution >= 0.6 is 0 Å². The highest BCUT2D eigenvalue weighted by atomic mass is 16.2. The second-order valence-corrected chi connectivity index (χ2v) is 6.28. The fourth-order valence-electron chi connectivity index (χ4n) is 3.96. The SMILES string of the molecule is CCN(CC)C(=O)CCNC1CCC12CCCCC2. The molecule has 2 aliphatic carbocycles. The van der Waals surface area contributed by atoms with Crippen LogP contribution in [0.4, 0.5) is 0 Å². The van der Waals surface area contributed by atoms with Crippen LogP contribution in [-0.4, -0.2) is 36.5 Å². The zero-order valence-corrected chi connectivity index (χ0v) is 12.7. The Morgan fingerprint density at radius 2 is 1.84 bits per heavy atom. The summed E-state index contributed by atoms with van der Waals surface area (Å²) in [5.41, 5.74) is 0.608. The van der Waals surface area contributed by atoms with Crippen LogP contribution in [0.25, 0.3) is 0 Å². The predicted octanol–water partition coefficient (Wildman–Crippen LogP) is 2.95. The summed E-state index contributed by atoms with van der Waals surface area (Å²) in [7, 11) is 0. The van der Waals surface area contributed by atoms with E-state index in [1.54, 1.807) is 0 Å². The van der Waals surface area contributed by atoms with Gasteiger partial charge in [0.2, 0.25) is 5.91 Å². The van der Waals surface area contributed by atoms with Gasteiger partial charge in [-0.15, -0.1) is 0 Å². The van der Waals surface area contributed by atoms with Crippen molar-refractivity contribution < 1.29 is 4.79 Å². The molecule has 0 aromatic heterocycles. The van der Waals surface area contributed by atoms with E-state index >= 15 is 0 Å². The first-order chi connectivity index (χ1) is 9.22. The Labute approximate surface area is 118 Å². The molecule has 3 nitrogen and oxygen atoms in total. The number of amides is 1. The van der Waals surface area contributed by atoms with E-state index < -0.39 is 0 Å². The van der Waals surface area contributed by atoms with Crippen LogP contribution in [0.1, 0.15) is 65.2 Å². The molecule has 2 fully saturated rings. The maximum Gasteiger partial charge on any atom is 0.223 e. The average molecular weight is 266 g/mol. The molecule has 2 aliphatic rings. The topological polar surface area (TPSA) is 32.3 Å². The van der Waals surface area contributed by atoms with Gasteiger partial charge in [-0.3, -0.25) is 4.79 Å². The number of hydrogen-bond acceptors (Lipinski definition) is 2. The van der Waals surface area contributed by atoms with Gasteiger partial charge < -0.3 is 10.2 Å². The summed E-state index contributed by atoms with van der Waals surface area (Å²) >= 11 is 0. The summed E-state index contributed by atoms with van der Waals surface area (Å²) in [6.45, 7) is 6.64.